The molecule has 3 rings (SSSR count). The fourth-order valence-corrected chi connectivity index (χ4v) is 3.02. The first-order chi connectivity index (χ1) is 9.25. The minimum absolute atomic E-state index is 0.196. The second-order valence-corrected chi connectivity index (χ2v) is 5.31. The van der Waals surface area contributed by atoms with Gasteiger partial charge in [0.05, 0.1) is 12.5 Å². The third-order valence-corrected chi connectivity index (χ3v) is 4.03. The molecule has 0 saturated carbocycles. The molecule has 0 radical (unpaired) electrons. The highest BCUT2D eigenvalue weighted by Crippen LogP contribution is 2.34. The summed E-state index contributed by atoms with van der Waals surface area (Å²) in [5, 5.41) is 0. The van der Waals surface area contributed by atoms with E-state index in [1.807, 2.05) is 7.05 Å². The second-order valence-electron chi connectivity index (χ2n) is 5.31. The summed E-state index contributed by atoms with van der Waals surface area (Å²) in [5.41, 5.74) is 3.49. The third-order valence-electron chi connectivity index (χ3n) is 4.03. The molecule has 1 aromatic heterocycles. The molecule has 0 bridgehead atoms. The molecule has 1 heterocycles. The highest BCUT2D eigenvalue weighted by atomic mass is 16.1. The number of ketones is 1. The highest BCUT2D eigenvalue weighted by molar-refractivity contribution is 5.94. The van der Waals surface area contributed by atoms with Crippen molar-refractivity contribution < 1.29 is 4.79 Å². The first kappa shape index (κ1) is 12.2. The van der Waals surface area contributed by atoms with E-state index >= 15 is 0 Å². The molecule has 3 nitrogen and oxygen atoms in total. The molecule has 0 amide bonds. The van der Waals surface area contributed by atoms with Crippen molar-refractivity contribution in [2.75, 3.05) is 0 Å². The SMILES string of the molecule is Cn1cncc1C(=O)CC1CCCc2ccccc21. The Morgan fingerprint density at radius 2 is 2.26 bits per heavy atom. The molecule has 0 aliphatic heterocycles. The van der Waals surface area contributed by atoms with E-state index < -0.39 is 0 Å². The molecule has 0 saturated heterocycles. The summed E-state index contributed by atoms with van der Waals surface area (Å²) in [6.45, 7) is 0. The van der Waals surface area contributed by atoms with Gasteiger partial charge in [-0.25, -0.2) is 4.98 Å². The maximum atomic E-state index is 12.3. The fraction of sp³-hybridized carbons (Fsp3) is 0.375. The Balaban J connectivity index is 1.82. The van der Waals surface area contributed by atoms with Crippen LogP contribution in [0.5, 0.6) is 0 Å². The van der Waals surface area contributed by atoms with E-state index in [0.29, 0.717) is 18.0 Å². The van der Waals surface area contributed by atoms with Crippen molar-refractivity contribution in [3.8, 4) is 0 Å². The van der Waals surface area contributed by atoms with E-state index in [4.69, 9.17) is 0 Å². The Labute approximate surface area is 113 Å². The van der Waals surface area contributed by atoms with Crippen LogP contribution in [0.2, 0.25) is 0 Å². The maximum absolute atomic E-state index is 12.3. The molecule has 19 heavy (non-hydrogen) atoms. The minimum Gasteiger partial charge on any atom is -0.331 e. The number of hydrogen-bond donors (Lipinski definition) is 0. The van der Waals surface area contributed by atoms with Crippen molar-refractivity contribution >= 4 is 5.78 Å². The molecule has 0 N–H and O–H groups in total. The van der Waals surface area contributed by atoms with Gasteiger partial charge in [0.1, 0.15) is 5.69 Å². The lowest BCUT2D eigenvalue weighted by atomic mass is 9.80. The smallest absolute Gasteiger partial charge is 0.181 e. The molecule has 1 aliphatic rings. The number of hydrogen-bond acceptors (Lipinski definition) is 2. The zero-order valence-corrected chi connectivity index (χ0v) is 11.2. The van der Waals surface area contributed by atoms with E-state index in [1.54, 1.807) is 17.1 Å². The average Bonchev–Trinajstić information content (AvgIpc) is 2.85. The van der Waals surface area contributed by atoms with Gasteiger partial charge >= 0.3 is 0 Å². The van der Waals surface area contributed by atoms with Crippen molar-refractivity contribution in [1.82, 2.24) is 9.55 Å². The Morgan fingerprint density at radius 1 is 1.42 bits per heavy atom. The minimum atomic E-state index is 0.196. The Kier molecular flexibility index (Phi) is 3.20. The molecule has 1 aliphatic carbocycles. The Morgan fingerprint density at radius 3 is 3.05 bits per heavy atom. The molecular weight excluding hydrogens is 236 g/mol. The van der Waals surface area contributed by atoms with Gasteiger partial charge in [0.15, 0.2) is 5.78 Å². The zero-order chi connectivity index (χ0) is 13.2. The fourth-order valence-electron chi connectivity index (χ4n) is 3.02. The number of nitrogens with zero attached hydrogens (tertiary/aromatic N) is 2. The summed E-state index contributed by atoms with van der Waals surface area (Å²) in [6.07, 6.45) is 7.38. The van der Waals surface area contributed by atoms with E-state index in [2.05, 4.69) is 29.2 Å². The summed E-state index contributed by atoms with van der Waals surface area (Å²) in [6, 6.07) is 8.53. The van der Waals surface area contributed by atoms with Crippen LogP contribution in [0.1, 0.15) is 46.8 Å². The number of carbonyl (C=O) groups is 1. The van der Waals surface area contributed by atoms with Crippen molar-refractivity contribution in [1.29, 1.82) is 0 Å². The maximum Gasteiger partial charge on any atom is 0.181 e. The largest absolute Gasteiger partial charge is 0.331 e. The van der Waals surface area contributed by atoms with Crippen LogP contribution in [-0.2, 0) is 13.5 Å². The monoisotopic (exact) mass is 254 g/mol. The van der Waals surface area contributed by atoms with E-state index in [9.17, 15) is 4.79 Å². The molecule has 2 aromatic rings. The van der Waals surface area contributed by atoms with Gasteiger partial charge in [0, 0.05) is 13.5 Å². The number of benzene rings is 1. The van der Waals surface area contributed by atoms with Crippen LogP contribution in [-0.4, -0.2) is 15.3 Å². The van der Waals surface area contributed by atoms with Crippen LogP contribution in [0.25, 0.3) is 0 Å². The number of aryl methyl sites for hydroxylation is 2. The van der Waals surface area contributed by atoms with Crippen LogP contribution in [0.3, 0.4) is 0 Å². The number of aromatic nitrogens is 2. The molecule has 0 spiro atoms. The van der Waals surface area contributed by atoms with Gasteiger partial charge in [0.25, 0.3) is 0 Å². The number of fused-ring (bicyclic) bond motifs is 1. The van der Waals surface area contributed by atoms with Gasteiger partial charge in [-0.15, -0.1) is 0 Å². The summed E-state index contributed by atoms with van der Waals surface area (Å²) in [4.78, 5) is 16.4. The van der Waals surface area contributed by atoms with Crippen LogP contribution in [0.4, 0.5) is 0 Å². The van der Waals surface area contributed by atoms with Crippen molar-refractivity contribution in [3.05, 3.63) is 53.6 Å². The lowest BCUT2D eigenvalue weighted by molar-refractivity contribution is 0.0963. The van der Waals surface area contributed by atoms with E-state index in [-0.39, 0.29) is 5.78 Å². The topological polar surface area (TPSA) is 34.9 Å². The van der Waals surface area contributed by atoms with Gasteiger partial charge in [-0.1, -0.05) is 24.3 Å². The first-order valence-electron chi connectivity index (χ1n) is 6.83. The molecule has 1 unspecified atom stereocenters. The van der Waals surface area contributed by atoms with Crippen LogP contribution in [0.15, 0.2) is 36.8 Å². The zero-order valence-electron chi connectivity index (χ0n) is 11.2. The summed E-state index contributed by atoms with van der Waals surface area (Å²) in [5.74, 6) is 0.564. The van der Waals surface area contributed by atoms with Crippen molar-refractivity contribution in [2.24, 2.45) is 7.05 Å². The highest BCUT2D eigenvalue weighted by Gasteiger charge is 2.23. The predicted octanol–water partition coefficient (Wildman–Crippen LogP) is 3.11. The third kappa shape index (κ3) is 2.33. The number of rotatable bonds is 3. The molecule has 3 heteroatoms. The second kappa shape index (κ2) is 5.00. The van der Waals surface area contributed by atoms with Crippen LogP contribution in [0, 0.1) is 0 Å². The van der Waals surface area contributed by atoms with Gasteiger partial charge in [0.2, 0.25) is 0 Å². The van der Waals surface area contributed by atoms with E-state index in [0.717, 1.165) is 12.8 Å². The number of imidazole rings is 1. The summed E-state index contributed by atoms with van der Waals surface area (Å²) in [7, 11) is 1.87. The van der Waals surface area contributed by atoms with Crippen molar-refractivity contribution in [3.63, 3.8) is 0 Å². The lowest BCUT2D eigenvalue weighted by Gasteiger charge is -2.24. The van der Waals surface area contributed by atoms with E-state index in [1.165, 1.54) is 17.5 Å². The molecule has 98 valence electrons. The van der Waals surface area contributed by atoms with Gasteiger partial charge in [-0.2, -0.15) is 0 Å². The quantitative estimate of drug-likeness (QED) is 0.789. The van der Waals surface area contributed by atoms with Gasteiger partial charge < -0.3 is 4.57 Å². The standard InChI is InChI=1S/C16H18N2O/c1-18-11-17-10-15(18)16(19)9-13-7-4-6-12-5-2-3-8-14(12)13/h2-3,5,8,10-11,13H,4,6-7,9H2,1H3. The molecular formula is C16H18N2O. The van der Waals surface area contributed by atoms with Crippen LogP contribution >= 0.6 is 0 Å². The lowest BCUT2D eigenvalue weighted by Crippen LogP contribution is -2.15. The average molecular weight is 254 g/mol. The molecule has 1 aromatic carbocycles. The van der Waals surface area contributed by atoms with Gasteiger partial charge in [-0.3, -0.25) is 4.79 Å². The predicted molar refractivity (Wildman–Crippen MR) is 74.3 cm³/mol. The van der Waals surface area contributed by atoms with Crippen molar-refractivity contribution in [2.45, 2.75) is 31.6 Å². The molecule has 0 fully saturated rings. The summed E-state index contributed by atoms with van der Waals surface area (Å²) < 4.78 is 1.80. The van der Waals surface area contributed by atoms with Gasteiger partial charge in [-0.05, 0) is 36.3 Å². The Hall–Kier alpha value is -1.90. The molecule has 1 atom stereocenters. The van der Waals surface area contributed by atoms with Crippen LogP contribution < -0.4 is 0 Å². The first-order valence-corrected chi connectivity index (χ1v) is 6.83. The number of Topliss-reactive ketones (excluding diaryl/α,β-unsaturated/α-hetero) is 1. The normalized spacial score (nSPS) is 18.1. The number of carbonyl (C=O) groups excluding carboxylic acids is 1. The Bertz CT molecular complexity index is 600. The summed E-state index contributed by atoms with van der Waals surface area (Å²) >= 11 is 0.